The molecule has 0 N–H and O–H groups in total. The van der Waals surface area contributed by atoms with Crippen LogP contribution in [0.4, 0.5) is 0 Å². The number of ether oxygens (including phenoxy) is 1. The van der Waals surface area contributed by atoms with Crippen molar-refractivity contribution in [1.82, 2.24) is 9.78 Å². The first kappa shape index (κ1) is 12.3. The summed E-state index contributed by atoms with van der Waals surface area (Å²) in [5, 5.41) is 4.23. The van der Waals surface area contributed by atoms with E-state index < -0.39 is 0 Å². The van der Waals surface area contributed by atoms with Crippen molar-refractivity contribution in [3.05, 3.63) is 42.2 Å². The van der Waals surface area contributed by atoms with E-state index in [1.807, 2.05) is 62.1 Å². The molecule has 2 rings (SSSR count). The highest BCUT2D eigenvalue weighted by Crippen LogP contribution is 2.21. The molecule has 16 heavy (non-hydrogen) atoms. The minimum absolute atomic E-state index is 0.829. The SMILES string of the molecule is CC.COc1ccccc1-n1cc(C)cn1. The van der Waals surface area contributed by atoms with Crippen molar-refractivity contribution in [2.45, 2.75) is 20.8 Å². The fourth-order valence-electron chi connectivity index (χ4n) is 1.36. The lowest BCUT2D eigenvalue weighted by molar-refractivity contribution is 0.411. The zero-order valence-electron chi connectivity index (χ0n) is 10.3. The maximum Gasteiger partial charge on any atom is 0.144 e. The number of methoxy groups -OCH3 is 1. The molecule has 0 saturated carbocycles. The first-order chi connectivity index (χ1) is 7.81. The summed E-state index contributed by atoms with van der Waals surface area (Å²) in [6.45, 7) is 6.01. The fourth-order valence-corrected chi connectivity index (χ4v) is 1.36. The standard InChI is InChI=1S/C11H12N2O.C2H6/c1-9-7-12-13(8-9)10-5-3-4-6-11(10)14-2;1-2/h3-8H,1-2H3;1-2H3. The average Bonchev–Trinajstić information content (AvgIpc) is 2.78. The van der Waals surface area contributed by atoms with Crippen LogP contribution in [0.25, 0.3) is 5.69 Å². The molecule has 0 amide bonds. The Labute approximate surface area is 96.7 Å². The smallest absolute Gasteiger partial charge is 0.144 e. The maximum absolute atomic E-state index is 5.25. The molecule has 0 bridgehead atoms. The van der Waals surface area contributed by atoms with Crippen LogP contribution in [0.2, 0.25) is 0 Å². The summed E-state index contributed by atoms with van der Waals surface area (Å²) < 4.78 is 7.06. The van der Waals surface area contributed by atoms with E-state index in [0.717, 1.165) is 17.0 Å². The van der Waals surface area contributed by atoms with Gasteiger partial charge in [-0.05, 0) is 24.6 Å². The molecule has 3 heteroatoms. The lowest BCUT2D eigenvalue weighted by Gasteiger charge is -2.06. The van der Waals surface area contributed by atoms with Gasteiger partial charge < -0.3 is 4.74 Å². The van der Waals surface area contributed by atoms with Gasteiger partial charge in [0.05, 0.1) is 13.3 Å². The van der Waals surface area contributed by atoms with Gasteiger partial charge in [0.1, 0.15) is 11.4 Å². The van der Waals surface area contributed by atoms with E-state index in [1.165, 1.54) is 0 Å². The van der Waals surface area contributed by atoms with Gasteiger partial charge in [-0.1, -0.05) is 26.0 Å². The predicted octanol–water partition coefficient (Wildman–Crippen LogP) is 3.22. The first-order valence-corrected chi connectivity index (χ1v) is 5.46. The summed E-state index contributed by atoms with van der Waals surface area (Å²) in [6, 6.07) is 7.81. The Balaban J connectivity index is 0.000000606. The van der Waals surface area contributed by atoms with E-state index in [1.54, 1.807) is 7.11 Å². The Morgan fingerprint density at radius 1 is 1.19 bits per heavy atom. The van der Waals surface area contributed by atoms with Crippen molar-refractivity contribution in [3.8, 4) is 11.4 Å². The summed E-state index contributed by atoms with van der Waals surface area (Å²) in [5.74, 6) is 0.829. The van der Waals surface area contributed by atoms with Crippen LogP contribution in [-0.2, 0) is 0 Å². The molecule has 0 aliphatic heterocycles. The number of hydrogen-bond donors (Lipinski definition) is 0. The van der Waals surface area contributed by atoms with E-state index >= 15 is 0 Å². The maximum atomic E-state index is 5.25. The largest absolute Gasteiger partial charge is 0.494 e. The molecule has 0 spiro atoms. The average molecular weight is 218 g/mol. The molecule has 2 aromatic rings. The van der Waals surface area contributed by atoms with Crippen molar-refractivity contribution in [3.63, 3.8) is 0 Å². The Morgan fingerprint density at radius 2 is 1.88 bits per heavy atom. The van der Waals surface area contributed by atoms with Crippen LogP contribution in [0.3, 0.4) is 0 Å². The third-order valence-corrected chi connectivity index (χ3v) is 2.04. The lowest BCUT2D eigenvalue weighted by atomic mass is 10.3. The summed E-state index contributed by atoms with van der Waals surface area (Å²) in [5.41, 5.74) is 2.10. The molecule has 1 heterocycles. The van der Waals surface area contributed by atoms with Crippen LogP contribution in [0.1, 0.15) is 19.4 Å². The van der Waals surface area contributed by atoms with E-state index in [4.69, 9.17) is 4.74 Å². The molecule has 0 atom stereocenters. The molecule has 1 aromatic carbocycles. The first-order valence-electron chi connectivity index (χ1n) is 5.46. The van der Waals surface area contributed by atoms with Gasteiger partial charge in [0.25, 0.3) is 0 Å². The number of aryl methyl sites for hydroxylation is 1. The number of hydrogen-bond acceptors (Lipinski definition) is 2. The monoisotopic (exact) mass is 218 g/mol. The zero-order valence-corrected chi connectivity index (χ0v) is 10.3. The predicted molar refractivity (Wildman–Crippen MR) is 66.2 cm³/mol. The summed E-state index contributed by atoms with van der Waals surface area (Å²) in [7, 11) is 1.66. The van der Waals surface area contributed by atoms with Crippen LogP contribution in [0.5, 0.6) is 5.75 Å². The summed E-state index contributed by atoms with van der Waals surface area (Å²) in [4.78, 5) is 0. The zero-order chi connectivity index (χ0) is 12.0. The second-order valence-corrected chi connectivity index (χ2v) is 3.13. The number of aromatic nitrogens is 2. The molecular formula is C13H18N2O. The van der Waals surface area contributed by atoms with Crippen molar-refractivity contribution in [2.24, 2.45) is 0 Å². The molecule has 0 radical (unpaired) electrons. The van der Waals surface area contributed by atoms with Gasteiger partial charge in [0.2, 0.25) is 0 Å². The van der Waals surface area contributed by atoms with Gasteiger partial charge in [-0.25, -0.2) is 4.68 Å². The molecule has 0 fully saturated rings. The van der Waals surface area contributed by atoms with E-state index in [2.05, 4.69) is 5.10 Å². The minimum atomic E-state index is 0.829. The quantitative estimate of drug-likeness (QED) is 0.774. The Morgan fingerprint density at radius 3 is 2.44 bits per heavy atom. The number of rotatable bonds is 2. The van der Waals surface area contributed by atoms with E-state index in [-0.39, 0.29) is 0 Å². The molecule has 0 aliphatic carbocycles. The molecular weight excluding hydrogens is 200 g/mol. The van der Waals surface area contributed by atoms with E-state index in [0.29, 0.717) is 0 Å². The minimum Gasteiger partial charge on any atom is -0.494 e. The highest BCUT2D eigenvalue weighted by molar-refractivity contribution is 5.45. The van der Waals surface area contributed by atoms with Crippen molar-refractivity contribution >= 4 is 0 Å². The molecule has 0 aliphatic rings. The third kappa shape index (κ3) is 2.63. The summed E-state index contributed by atoms with van der Waals surface area (Å²) in [6.07, 6.45) is 3.80. The molecule has 0 unspecified atom stereocenters. The summed E-state index contributed by atoms with van der Waals surface area (Å²) >= 11 is 0. The normalized spacial score (nSPS) is 9.25. The Bertz CT molecular complexity index is 435. The van der Waals surface area contributed by atoms with Crippen LogP contribution in [0, 0.1) is 6.92 Å². The topological polar surface area (TPSA) is 27.1 Å². The second kappa shape index (κ2) is 5.95. The lowest BCUT2D eigenvalue weighted by Crippen LogP contribution is -1.97. The molecule has 0 saturated heterocycles. The van der Waals surface area contributed by atoms with Gasteiger partial charge in [0.15, 0.2) is 0 Å². The second-order valence-electron chi connectivity index (χ2n) is 3.13. The van der Waals surface area contributed by atoms with Gasteiger partial charge in [-0.15, -0.1) is 0 Å². The fraction of sp³-hybridized carbons (Fsp3) is 0.308. The number of para-hydroxylation sites is 2. The van der Waals surface area contributed by atoms with Crippen LogP contribution >= 0.6 is 0 Å². The van der Waals surface area contributed by atoms with Crippen LogP contribution in [-0.4, -0.2) is 16.9 Å². The van der Waals surface area contributed by atoms with E-state index in [9.17, 15) is 0 Å². The van der Waals surface area contributed by atoms with Gasteiger partial charge in [0, 0.05) is 6.20 Å². The highest BCUT2D eigenvalue weighted by atomic mass is 16.5. The van der Waals surface area contributed by atoms with Crippen molar-refractivity contribution in [1.29, 1.82) is 0 Å². The van der Waals surface area contributed by atoms with Gasteiger partial charge in [-0.2, -0.15) is 5.10 Å². The van der Waals surface area contributed by atoms with Crippen molar-refractivity contribution in [2.75, 3.05) is 7.11 Å². The van der Waals surface area contributed by atoms with Gasteiger partial charge in [-0.3, -0.25) is 0 Å². The molecule has 3 nitrogen and oxygen atoms in total. The van der Waals surface area contributed by atoms with Crippen molar-refractivity contribution < 1.29 is 4.74 Å². The Hall–Kier alpha value is -1.77. The highest BCUT2D eigenvalue weighted by Gasteiger charge is 2.03. The van der Waals surface area contributed by atoms with Crippen LogP contribution < -0.4 is 4.74 Å². The third-order valence-electron chi connectivity index (χ3n) is 2.04. The molecule has 86 valence electrons. The van der Waals surface area contributed by atoms with Gasteiger partial charge >= 0.3 is 0 Å². The Kier molecular flexibility index (Phi) is 4.58. The number of nitrogens with zero attached hydrogens (tertiary/aromatic N) is 2. The molecule has 1 aromatic heterocycles. The number of benzene rings is 1. The van der Waals surface area contributed by atoms with Crippen LogP contribution in [0.15, 0.2) is 36.7 Å².